The van der Waals surface area contributed by atoms with Crippen LogP contribution in [0.1, 0.15) is 104 Å². The maximum absolute atomic E-state index is 11.9. The van der Waals surface area contributed by atoms with Crippen molar-refractivity contribution in [1.82, 2.24) is 10.2 Å². The number of nitrogens with one attached hydrogen (secondary N) is 1. The van der Waals surface area contributed by atoms with E-state index in [1.54, 1.807) is 27.9 Å². The second-order valence-electron chi connectivity index (χ2n) is 9.23. The minimum atomic E-state index is -0.657. The van der Waals surface area contributed by atoms with Gasteiger partial charge < -0.3 is 25.4 Å². The number of hydrogen-bond donors (Lipinski definition) is 2. The molecule has 1 saturated heterocycles. The average molecular weight is 536 g/mol. The van der Waals surface area contributed by atoms with Crippen LogP contribution in [0.2, 0.25) is 0 Å². The van der Waals surface area contributed by atoms with Crippen molar-refractivity contribution < 1.29 is 25.3 Å². The van der Waals surface area contributed by atoms with E-state index in [-0.39, 0.29) is 13.9 Å². The molecule has 0 saturated carbocycles. The van der Waals surface area contributed by atoms with Crippen LogP contribution in [0, 0.1) is 5.92 Å². The number of nitrogens with two attached hydrogens (primary N) is 1. The number of alkyl carbamates (subject to hydrolysis) is 1. The average Bonchev–Trinajstić information content (AvgIpc) is 3.31. The van der Waals surface area contributed by atoms with Gasteiger partial charge in [0.15, 0.2) is 0 Å². The van der Waals surface area contributed by atoms with Gasteiger partial charge in [-0.15, -0.1) is 26.3 Å². The zero-order chi connectivity index (χ0) is 31.2. The van der Waals surface area contributed by atoms with Gasteiger partial charge >= 0.3 is 6.09 Å². The van der Waals surface area contributed by atoms with Crippen LogP contribution in [0.5, 0.6) is 0 Å². The van der Waals surface area contributed by atoms with E-state index in [2.05, 4.69) is 66.3 Å². The highest BCUT2D eigenvalue weighted by Crippen LogP contribution is 2.16. The molecule has 8 heteroatoms. The number of carbonyl (C=O) groups excluding carboxylic acids is 3. The van der Waals surface area contributed by atoms with E-state index in [4.69, 9.17) is 15.2 Å². The minimum Gasteiger partial charge on any atom is -0.444 e. The second-order valence-corrected chi connectivity index (χ2v) is 9.23. The number of carbonyl (C=O) groups is 3. The maximum atomic E-state index is 11.9. The van der Waals surface area contributed by atoms with E-state index >= 15 is 0 Å². The number of nitrogens with zero attached hydrogens (tertiary/aromatic N) is 1. The van der Waals surface area contributed by atoms with Crippen molar-refractivity contribution in [2.75, 3.05) is 20.2 Å². The Morgan fingerprint density at radius 1 is 1.03 bits per heavy atom. The van der Waals surface area contributed by atoms with Gasteiger partial charge in [0, 0.05) is 15.1 Å². The van der Waals surface area contributed by atoms with Gasteiger partial charge in [0.2, 0.25) is 11.8 Å². The number of methoxy groups -OCH3 is 1. The zero-order valence-electron chi connectivity index (χ0n) is 26.7. The van der Waals surface area contributed by atoms with Gasteiger partial charge in [-0.05, 0) is 53.4 Å². The number of primary amides is 1. The quantitative estimate of drug-likeness (QED) is 0.377. The monoisotopic (exact) mass is 535 g/mol. The molecule has 226 valence electrons. The molecule has 0 aromatic carbocycles. The molecule has 0 spiro atoms. The molecule has 1 heterocycles. The summed E-state index contributed by atoms with van der Waals surface area (Å²) >= 11 is 0. The first-order chi connectivity index (χ1) is 17.1. The van der Waals surface area contributed by atoms with Gasteiger partial charge in [-0.1, -0.05) is 54.9 Å². The topological polar surface area (TPSA) is 111 Å². The van der Waals surface area contributed by atoms with Crippen molar-refractivity contribution in [3.8, 4) is 0 Å². The summed E-state index contributed by atoms with van der Waals surface area (Å²) in [5.74, 6) is -0.00437. The Balaban J connectivity index is -0.0000000837. The summed E-state index contributed by atoms with van der Waals surface area (Å²) in [6.45, 7) is 36.2. The largest absolute Gasteiger partial charge is 0.444 e. The SMILES string of the molecule is C=C.C=C.CC.CC(C)(C)OC(=O)NCC(=O)N1CCC[C@H]1C(N)=O.CC(C)C.CCC.COC(C)C.[HH]. The highest BCUT2D eigenvalue weighted by Gasteiger charge is 2.32. The second kappa shape index (κ2) is 33.7. The van der Waals surface area contributed by atoms with Gasteiger partial charge in [-0.2, -0.15) is 0 Å². The number of likely N-dealkylation sites (tertiary alicyclic amines) is 1. The standard InChI is InChI=1S/C12H21N3O4.C4H10O.C4H10.C3H8.C2H6.2C2H4.H2/c1-12(2,3)19-11(18)14-7-9(16)15-6-4-5-8(15)10(13)17;1-4(2)5-3;1-4(2)3;1-3-2;3*1-2;/h8H,4-7H2,1-3H3,(H2,13,17)(H,14,18);4H,1-3H3;4H,1-3H3;3H2,1-2H3;1-2H3;2*1-2H2;1H/t8-;;;;;;;/m0......./s1. The third-order valence-electron chi connectivity index (χ3n) is 3.16. The lowest BCUT2D eigenvalue weighted by atomic mass is 10.2. The molecule has 0 aromatic heterocycles. The molecule has 3 N–H and O–H groups in total. The Morgan fingerprint density at radius 3 is 1.65 bits per heavy atom. The van der Waals surface area contributed by atoms with E-state index < -0.39 is 23.6 Å². The van der Waals surface area contributed by atoms with Gasteiger partial charge in [0.1, 0.15) is 18.2 Å². The van der Waals surface area contributed by atoms with Crippen molar-refractivity contribution in [1.29, 1.82) is 0 Å². The summed E-state index contributed by atoms with van der Waals surface area (Å²) in [5.41, 5.74) is 4.61. The maximum Gasteiger partial charge on any atom is 0.408 e. The van der Waals surface area contributed by atoms with Crippen LogP contribution in [0.25, 0.3) is 0 Å². The molecule has 0 aromatic rings. The first kappa shape index (κ1) is 47.8. The van der Waals surface area contributed by atoms with Crippen LogP contribution < -0.4 is 11.1 Å². The predicted molar refractivity (Wildman–Crippen MR) is 163 cm³/mol. The van der Waals surface area contributed by atoms with Crippen LogP contribution >= 0.6 is 0 Å². The van der Waals surface area contributed by atoms with E-state index in [0.29, 0.717) is 19.1 Å². The molecule has 1 aliphatic heterocycles. The Labute approximate surface area is 231 Å². The van der Waals surface area contributed by atoms with E-state index in [0.717, 1.165) is 12.3 Å². The minimum absolute atomic E-state index is 0. The molecule has 1 rings (SSSR count). The van der Waals surface area contributed by atoms with Crippen LogP contribution in [0.3, 0.4) is 0 Å². The molecule has 0 radical (unpaired) electrons. The van der Waals surface area contributed by atoms with E-state index in [1.165, 1.54) is 11.3 Å². The molecule has 8 nitrogen and oxygen atoms in total. The van der Waals surface area contributed by atoms with E-state index in [9.17, 15) is 14.4 Å². The first-order valence-electron chi connectivity index (χ1n) is 13.2. The third kappa shape index (κ3) is 44.1. The fraction of sp³-hybridized carbons (Fsp3) is 0.759. The fourth-order valence-corrected chi connectivity index (χ4v) is 1.92. The number of ether oxygens (including phenoxy) is 2. The van der Waals surface area contributed by atoms with Crippen LogP contribution in [0.15, 0.2) is 26.3 Å². The van der Waals surface area contributed by atoms with E-state index in [1.807, 2.05) is 27.7 Å². The van der Waals surface area contributed by atoms with Crippen molar-refractivity contribution >= 4 is 17.9 Å². The number of rotatable bonds is 4. The summed E-state index contributed by atoms with van der Waals surface area (Å²) in [6.07, 6.45) is 2.30. The molecule has 1 fully saturated rings. The Bertz CT molecular complexity index is 520. The van der Waals surface area contributed by atoms with Crippen molar-refractivity contribution in [3.63, 3.8) is 0 Å². The van der Waals surface area contributed by atoms with Gasteiger partial charge in [0.25, 0.3) is 0 Å². The van der Waals surface area contributed by atoms with Crippen LogP contribution in [-0.2, 0) is 19.1 Å². The molecular formula is C29H65N3O5. The summed E-state index contributed by atoms with van der Waals surface area (Å²) < 4.78 is 9.76. The summed E-state index contributed by atoms with van der Waals surface area (Å²) in [6, 6.07) is -0.562. The lowest BCUT2D eigenvalue weighted by molar-refractivity contribution is -0.136. The Hall–Kier alpha value is -2.35. The van der Waals surface area contributed by atoms with Gasteiger partial charge in [-0.3, -0.25) is 9.59 Å². The third-order valence-corrected chi connectivity index (χ3v) is 3.16. The smallest absolute Gasteiger partial charge is 0.408 e. The number of amides is 3. The molecule has 0 bridgehead atoms. The summed E-state index contributed by atoms with van der Waals surface area (Å²) in [7, 11) is 1.70. The number of hydrogen-bond acceptors (Lipinski definition) is 5. The van der Waals surface area contributed by atoms with Crippen molar-refractivity contribution in [2.45, 2.75) is 120 Å². The molecular weight excluding hydrogens is 470 g/mol. The van der Waals surface area contributed by atoms with Crippen molar-refractivity contribution in [3.05, 3.63) is 26.3 Å². The molecule has 1 aliphatic rings. The molecule has 0 aliphatic carbocycles. The predicted octanol–water partition coefficient (Wildman–Crippen LogP) is 6.98. The fourth-order valence-electron chi connectivity index (χ4n) is 1.92. The normalized spacial score (nSPS) is 12.9. The molecule has 37 heavy (non-hydrogen) atoms. The Kier molecular flexibility index (Phi) is 43.5. The van der Waals surface area contributed by atoms with Crippen LogP contribution in [0.4, 0.5) is 4.79 Å². The summed E-state index contributed by atoms with van der Waals surface area (Å²) in [4.78, 5) is 35.8. The zero-order valence-corrected chi connectivity index (χ0v) is 26.7. The summed E-state index contributed by atoms with van der Waals surface area (Å²) in [5, 5.41) is 2.37. The molecule has 0 unspecified atom stereocenters. The lowest BCUT2D eigenvalue weighted by Crippen LogP contribution is -2.48. The van der Waals surface area contributed by atoms with Gasteiger partial charge in [-0.25, -0.2) is 4.79 Å². The Morgan fingerprint density at radius 2 is 1.38 bits per heavy atom. The highest BCUT2D eigenvalue weighted by atomic mass is 16.6. The molecule has 3 amide bonds. The lowest BCUT2D eigenvalue weighted by Gasteiger charge is -2.23. The molecule has 1 atom stereocenters. The van der Waals surface area contributed by atoms with Crippen molar-refractivity contribution in [2.24, 2.45) is 11.7 Å². The highest BCUT2D eigenvalue weighted by molar-refractivity contribution is 5.89. The van der Waals surface area contributed by atoms with Crippen LogP contribution in [-0.4, -0.2) is 60.8 Å². The van der Waals surface area contributed by atoms with Gasteiger partial charge in [0.05, 0.1) is 6.10 Å². The first-order valence-corrected chi connectivity index (χ1v) is 13.2.